The Morgan fingerprint density at radius 3 is 2.46 bits per heavy atom. The summed E-state index contributed by atoms with van der Waals surface area (Å²) in [6.07, 6.45) is 3.41. The number of aromatic nitrogens is 1. The second-order valence-corrected chi connectivity index (χ2v) is 12.1. The SMILES string of the molecule is CC1(OCc2ccccc2)CCC2C(C)(C)C2(N[C@@H](Cc2ccc(O)cc2)C(=O)Oc2c[nH]c3ccccc23)C1=O. The van der Waals surface area contributed by atoms with E-state index in [-0.39, 0.29) is 22.9 Å². The van der Waals surface area contributed by atoms with E-state index in [0.717, 1.165) is 28.5 Å². The van der Waals surface area contributed by atoms with Crippen molar-refractivity contribution in [3.8, 4) is 11.5 Å². The average molecular weight is 553 g/mol. The van der Waals surface area contributed by atoms with Crippen LogP contribution < -0.4 is 10.1 Å². The number of aromatic hydroxyl groups is 1. The molecule has 0 spiro atoms. The fourth-order valence-corrected chi connectivity index (χ4v) is 6.80. The Morgan fingerprint density at radius 1 is 1.00 bits per heavy atom. The van der Waals surface area contributed by atoms with E-state index >= 15 is 0 Å². The predicted octanol–water partition coefficient (Wildman–Crippen LogP) is 5.71. The Hall–Kier alpha value is -3.94. The summed E-state index contributed by atoms with van der Waals surface area (Å²) in [6, 6.07) is 23.4. The molecular formula is C34H36N2O5. The normalized spacial score (nSPS) is 25.4. The van der Waals surface area contributed by atoms with Crippen LogP contribution in [-0.2, 0) is 27.4 Å². The summed E-state index contributed by atoms with van der Waals surface area (Å²) in [5.41, 5.74) is 0.428. The van der Waals surface area contributed by atoms with Gasteiger partial charge in [-0.1, -0.05) is 68.4 Å². The molecule has 6 rings (SSSR count). The van der Waals surface area contributed by atoms with Crippen molar-refractivity contribution in [3.05, 3.63) is 96.2 Å². The van der Waals surface area contributed by atoms with Gasteiger partial charge >= 0.3 is 5.97 Å². The van der Waals surface area contributed by atoms with Gasteiger partial charge in [0.1, 0.15) is 17.4 Å². The molecule has 7 nitrogen and oxygen atoms in total. The molecular weight excluding hydrogens is 516 g/mol. The van der Waals surface area contributed by atoms with Crippen molar-refractivity contribution < 1.29 is 24.2 Å². The molecule has 212 valence electrons. The summed E-state index contributed by atoms with van der Waals surface area (Å²) in [4.78, 5) is 31.4. The Bertz CT molecular complexity index is 1580. The summed E-state index contributed by atoms with van der Waals surface area (Å²) >= 11 is 0. The van der Waals surface area contributed by atoms with Crippen LogP contribution in [0.4, 0.5) is 0 Å². The van der Waals surface area contributed by atoms with E-state index in [2.05, 4.69) is 24.1 Å². The van der Waals surface area contributed by atoms with Crippen LogP contribution in [0.5, 0.6) is 11.5 Å². The van der Waals surface area contributed by atoms with Crippen LogP contribution in [0.15, 0.2) is 85.1 Å². The lowest BCUT2D eigenvalue weighted by molar-refractivity contribution is -0.154. The quantitative estimate of drug-likeness (QED) is 0.230. The third-order valence-electron chi connectivity index (χ3n) is 9.30. The molecule has 4 atom stereocenters. The van der Waals surface area contributed by atoms with Gasteiger partial charge in [-0.15, -0.1) is 0 Å². The lowest BCUT2D eigenvalue weighted by Gasteiger charge is -2.38. The van der Waals surface area contributed by atoms with Gasteiger partial charge in [-0.3, -0.25) is 10.1 Å². The highest BCUT2D eigenvalue weighted by Crippen LogP contribution is 2.68. The highest BCUT2D eigenvalue weighted by Gasteiger charge is 2.79. The number of aromatic amines is 1. The molecule has 0 radical (unpaired) electrons. The molecule has 0 bridgehead atoms. The minimum atomic E-state index is -0.989. The fourth-order valence-electron chi connectivity index (χ4n) is 6.80. The predicted molar refractivity (Wildman–Crippen MR) is 157 cm³/mol. The standard InChI is InChI=1S/C34H36N2O5/c1-32(2)29-17-18-33(3,40-21-23-9-5-4-6-10-23)31(39)34(29,32)36-27(19-22-13-15-24(37)16-14-22)30(38)41-28-20-35-26-12-8-7-11-25(26)28/h4-16,20,27,29,35-37H,17-19,21H2,1-3H3/t27-,29?,33?,34?/m0/s1. The maximum absolute atomic E-state index is 14.4. The largest absolute Gasteiger partial charge is 0.508 e. The Kier molecular flexibility index (Phi) is 6.75. The number of phenols is 1. The number of hydrogen-bond acceptors (Lipinski definition) is 6. The number of ketones is 1. The number of benzene rings is 3. The second-order valence-electron chi connectivity index (χ2n) is 12.1. The minimum Gasteiger partial charge on any atom is -0.508 e. The number of phenolic OH excluding ortho intramolecular Hbond substituents is 1. The molecule has 0 aliphatic heterocycles. The van der Waals surface area contributed by atoms with Gasteiger partial charge in [-0.2, -0.15) is 0 Å². The monoisotopic (exact) mass is 552 g/mol. The number of carbonyl (C=O) groups is 2. The molecule has 2 aliphatic carbocycles. The molecule has 4 aromatic rings. The fraction of sp³-hybridized carbons (Fsp3) is 0.353. The van der Waals surface area contributed by atoms with Crippen molar-refractivity contribution >= 4 is 22.7 Å². The van der Waals surface area contributed by atoms with E-state index in [1.165, 1.54) is 0 Å². The van der Waals surface area contributed by atoms with Gasteiger partial charge in [0, 0.05) is 17.1 Å². The molecule has 3 N–H and O–H groups in total. The van der Waals surface area contributed by atoms with Crippen LogP contribution in [-0.4, -0.2) is 39.0 Å². The lowest BCUT2D eigenvalue weighted by Crippen LogP contribution is -2.61. The molecule has 7 heteroatoms. The van der Waals surface area contributed by atoms with E-state index in [0.29, 0.717) is 25.2 Å². The maximum Gasteiger partial charge on any atom is 0.328 e. The van der Waals surface area contributed by atoms with E-state index in [1.807, 2.05) is 61.5 Å². The van der Waals surface area contributed by atoms with Crippen LogP contribution in [0, 0.1) is 11.3 Å². The number of esters is 1. The van der Waals surface area contributed by atoms with Crippen molar-refractivity contribution in [1.82, 2.24) is 10.3 Å². The van der Waals surface area contributed by atoms with Gasteiger partial charge in [0.05, 0.1) is 12.1 Å². The van der Waals surface area contributed by atoms with Gasteiger partial charge in [0.2, 0.25) is 0 Å². The number of fused-ring (bicyclic) bond motifs is 2. The average Bonchev–Trinajstić information content (AvgIpc) is 3.23. The number of para-hydroxylation sites is 1. The van der Waals surface area contributed by atoms with Gasteiger partial charge in [-0.05, 0) is 72.9 Å². The second kappa shape index (κ2) is 10.2. The number of Topliss-reactive ketones (excluding diaryl/α,β-unsaturated/α-hetero) is 1. The molecule has 1 heterocycles. The van der Waals surface area contributed by atoms with E-state index in [1.54, 1.807) is 30.5 Å². The molecule has 2 saturated carbocycles. The van der Waals surface area contributed by atoms with Crippen molar-refractivity contribution in [3.63, 3.8) is 0 Å². The number of carbonyl (C=O) groups excluding carboxylic acids is 2. The molecule has 3 aromatic carbocycles. The zero-order chi connectivity index (χ0) is 28.8. The molecule has 1 aromatic heterocycles. The maximum atomic E-state index is 14.4. The number of hydrogen-bond donors (Lipinski definition) is 3. The highest BCUT2D eigenvalue weighted by molar-refractivity contribution is 6.02. The van der Waals surface area contributed by atoms with Crippen molar-refractivity contribution in [2.45, 2.75) is 63.8 Å². The zero-order valence-corrected chi connectivity index (χ0v) is 23.6. The third kappa shape index (κ3) is 4.73. The van der Waals surface area contributed by atoms with Crippen molar-refractivity contribution in [2.75, 3.05) is 0 Å². The number of ether oxygens (including phenoxy) is 2. The first-order valence-corrected chi connectivity index (χ1v) is 14.2. The number of H-pyrrole nitrogens is 1. The summed E-state index contributed by atoms with van der Waals surface area (Å²) in [5, 5.41) is 14.2. The minimum absolute atomic E-state index is 0.0159. The van der Waals surface area contributed by atoms with E-state index < -0.39 is 23.2 Å². The van der Waals surface area contributed by atoms with Crippen LogP contribution in [0.2, 0.25) is 0 Å². The molecule has 0 saturated heterocycles. The first kappa shape index (κ1) is 27.2. The van der Waals surface area contributed by atoms with Crippen LogP contribution in [0.3, 0.4) is 0 Å². The van der Waals surface area contributed by atoms with Gasteiger partial charge in [0.25, 0.3) is 0 Å². The Morgan fingerprint density at radius 2 is 1.71 bits per heavy atom. The van der Waals surface area contributed by atoms with Crippen LogP contribution >= 0.6 is 0 Å². The first-order chi connectivity index (χ1) is 19.6. The van der Waals surface area contributed by atoms with Gasteiger partial charge in [0.15, 0.2) is 11.5 Å². The molecule has 41 heavy (non-hydrogen) atoms. The molecule has 2 aliphatic rings. The summed E-state index contributed by atoms with van der Waals surface area (Å²) in [5.74, 6) is 0.175. The molecule has 0 amide bonds. The number of nitrogens with one attached hydrogen (secondary N) is 2. The summed E-state index contributed by atoms with van der Waals surface area (Å²) in [6.45, 7) is 6.40. The van der Waals surface area contributed by atoms with E-state index in [9.17, 15) is 14.7 Å². The Balaban J connectivity index is 1.29. The molecule has 2 fully saturated rings. The lowest BCUT2D eigenvalue weighted by atomic mass is 9.80. The van der Waals surface area contributed by atoms with Gasteiger partial charge < -0.3 is 19.6 Å². The first-order valence-electron chi connectivity index (χ1n) is 14.2. The molecule has 3 unspecified atom stereocenters. The Labute approximate surface area is 239 Å². The smallest absolute Gasteiger partial charge is 0.328 e. The number of rotatable bonds is 9. The van der Waals surface area contributed by atoms with Crippen molar-refractivity contribution in [1.29, 1.82) is 0 Å². The van der Waals surface area contributed by atoms with Crippen LogP contribution in [0.25, 0.3) is 10.9 Å². The third-order valence-corrected chi connectivity index (χ3v) is 9.30. The van der Waals surface area contributed by atoms with Gasteiger partial charge in [-0.25, -0.2) is 4.79 Å². The zero-order valence-electron chi connectivity index (χ0n) is 23.6. The van der Waals surface area contributed by atoms with E-state index in [4.69, 9.17) is 9.47 Å². The highest BCUT2D eigenvalue weighted by atomic mass is 16.5. The summed E-state index contributed by atoms with van der Waals surface area (Å²) < 4.78 is 12.3. The van der Waals surface area contributed by atoms with Crippen molar-refractivity contribution in [2.24, 2.45) is 11.3 Å². The van der Waals surface area contributed by atoms with Crippen LogP contribution in [0.1, 0.15) is 44.7 Å². The topological polar surface area (TPSA) is 101 Å². The summed E-state index contributed by atoms with van der Waals surface area (Å²) in [7, 11) is 0.